The number of halogens is 1. The van der Waals surface area contributed by atoms with Gasteiger partial charge in [-0.3, -0.25) is 0 Å². The van der Waals surface area contributed by atoms with Crippen LogP contribution in [0.25, 0.3) is 0 Å². The number of anilines is 1. The van der Waals surface area contributed by atoms with Crippen LogP contribution in [0.1, 0.15) is 29.4 Å². The van der Waals surface area contributed by atoms with Gasteiger partial charge in [0.05, 0.1) is 6.54 Å². The van der Waals surface area contributed by atoms with E-state index in [-0.39, 0.29) is 6.01 Å². The topological polar surface area (TPSA) is 86.2 Å². The molecule has 1 saturated carbocycles. The van der Waals surface area contributed by atoms with Crippen molar-refractivity contribution in [2.24, 2.45) is 0 Å². The number of nitrogens with two attached hydrogens (primary N) is 1. The Hall–Kier alpha value is -2.57. The molecule has 1 fully saturated rings. The summed E-state index contributed by atoms with van der Waals surface area (Å²) >= 11 is 5.99. The zero-order valence-corrected chi connectivity index (χ0v) is 14.8. The Morgan fingerprint density at radius 3 is 2.77 bits per heavy atom. The van der Waals surface area contributed by atoms with Crippen LogP contribution in [0.3, 0.4) is 0 Å². The SMILES string of the molecule is Nc1nnc(CNC2CC2c2ccc(OCc3cccc(Cl)c3)cc2)o1. The van der Waals surface area contributed by atoms with Crippen molar-refractivity contribution in [3.05, 3.63) is 70.6 Å². The van der Waals surface area contributed by atoms with Crippen LogP contribution < -0.4 is 15.8 Å². The molecule has 1 aliphatic carbocycles. The Balaban J connectivity index is 1.27. The Labute approximate surface area is 156 Å². The summed E-state index contributed by atoms with van der Waals surface area (Å²) in [6.45, 7) is 1.03. The summed E-state index contributed by atoms with van der Waals surface area (Å²) in [4.78, 5) is 0. The van der Waals surface area contributed by atoms with Crippen molar-refractivity contribution >= 4 is 17.6 Å². The van der Waals surface area contributed by atoms with E-state index in [1.165, 1.54) is 5.56 Å². The molecule has 7 heteroatoms. The molecule has 0 spiro atoms. The molecular formula is C19H19ClN4O2. The monoisotopic (exact) mass is 370 g/mol. The van der Waals surface area contributed by atoms with Gasteiger partial charge in [-0.05, 0) is 41.8 Å². The quantitative estimate of drug-likeness (QED) is 0.661. The number of hydrogen-bond acceptors (Lipinski definition) is 6. The zero-order valence-electron chi connectivity index (χ0n) is 14.1. The van der Waals surface area contributed by atoms with E-state index in [9.17, 15) is 0 Å². The van der Waals surface area contributed by atoms with Crippen LogP contribution in [0, 0.1) is 0 Å². The van der Waals surface area contributed by atoms with E-state index in [1.54, 1.807) is 0 Å². The van der Waals surface area contributed by atoms with Gasteiger partial charge in [-0.15, -0.1) is 5.10 Å². The fourth-order valence-electron chi connectivity index (χ4n) is 2.95. The minimum Gasteiger partial charge on any atom is -0.489 e. The highest BCUT2D eigenvalue weighted by atomic mass is 35.5. The molecular weight excluding hydrogens is 352 g/mol. The van der Waals surface area contributed by atoms with Crippen molar-refractivity contribution in [1.29, 1.82) is 0 Å². The fraction of sp³-hybridized carbons (Fsp3) is 0.263. The molecule has 0 saturated heterocycles. The van der Waals surface area contributed by atoms with Gasteiger partial charge in [-0.2, -0.15) is 0 Å². The molecule has 2 aromatic carbocycles. The summed E-state index contributed by atoms with van der Waals surface area (Å²) in [5.74, 6) is 1.86. The lowest BCUT2D eigenvalue weighted by atomic mass is 10.1. The van der Waals surface area contributed by atoms with Crippen molar-refractivity contribution in [1.82, 2.24) is 15.5 Å². The van der Waals surface area contributed by atoms with Gasteiger partial charge in [0.1, 0.15) is 12.4 Å². The maximum atomic E-state index is 5.99. The number of ether oxygens (including phenoxy) is 1. The summed E-state index contributed by atoms with van der Waals surface area (Å²) < 4.78 is 11.0. The number of nitrogens with zero attached hydrogens (tertiary/aromatic N) is 2. The molecule has 2 atom stereocenters. The molecule has 3 N–H and O–H groups in total. The third-order valence-electron chi connectivity index (χ3n) is 4.39. The molecule has 0 bridgehead atoms. The van der Waals surface area contributed by atoms with Crippen LogP contribution in [0.15, 0.2) is 52.9 Å². The minimum atomic E-state index is 0.0995. The normalized spacial score (nSPS) is 18.7. The van der Waals surface area contributed by atoms with Crippen LogP contribution in [-0.4, -0.2) is 16.2 Å². The summed E-state index contributed by atoms with van der Waals surface area (Å²) in [5, 5.41) is 11.6. The molecule has 3 aromatic rings. The first-order valence-electron chi connectivity index (χ1n) is 8.46. The first-order chi connectivity index (χ1) is 12.7. The summed E-state index contributed by atoms with van der Waals surface area (Å²) in [6.07, 6.45) is 1.09. The second-order valence-corrected chi connectivity index (χ2v) is 6.79. The molecule has 2 unspecified atom stereocenters. The predicted octanol–water partition coefficient (Wildman–Crippen LogP) is 3.53. The number of nitrogens with one attached hydrogen (secondary N) is 1. The standard InChI is InChI=1S/C19H19ClN4O2/c20-14-3-1-2-12(8-14)11-25-15-6-4-13(5-7-15)16-9-17(16)22-10-18-23-24-19(21)26-18/h1-8,16-17,22H,9-11H2,(H2,21,24). The largest absolute Gasteiger partial charge is 0.489 e. The van der Waals surface area contributed by atoms with Gasteiger partial charge in [0.15, 0.2) is 0 Å². The molecule has 0 radical (unpaired) electrons. The maximum Gasteiger partial charge on any atom is 0.312 e. The third kappa shape index (κ3) is 4.15. The molecule has 1 heterocycles. The first kappa shape index (κ1) is 16.9. The van der Waals surface area contributed by atoms with Gasteiger partial charge in [0.25, 0.3) is 0 Å². The fourth-order valence-corrected chi connectivity index (χ4v) is 3.16. The number of benzene rings is 2. The van der Waals surface area contributed by atoms with E-state index in [2.05, 4.69) is 27.6 Å². The zero-order chi connectivity index (χ0) is 17.9. The lowest BCUT2D eigenvalue weighted by Crippen LogP contribution is -2.17. The molecule has 26 heavy (non-hydrogen) atoms. The highest BCUT2D eigenvalue weighted by Gasteiger charge is 2.38. The van der Waals surface area contributed by atoms with E-state index in [1.807, 2.05) is 36.4 Å². The van der Waals surface area contributed by atoms with E-state index >= 15 is 0 Å². The smallest absolute Gasteiger partial charge is 0.312 e. The van der Waals surface area contributed by atoms with E-state index < -0.39 is 0 Å². The number of hydrogen-bond donors (Lipinski definition) is 2. The summed E-state index contributed by atoms with van der Waals surface area (Å²) in [5.41, 5.74) is 7.76. The van der Waals surface area contributed by atoms with Gasteiger partial charge < -0.3 is 20.2 Å². The van der Waals surface area contributed by atoms with Crippen molar-refractivity contribution in [3.63, 3.8) is 0 Å². The van der Waals surface area contributed by atoms with Crippen molar-refractivity contribution in [3.8, 4) is 5.75 Å². The second-order valence-electron chi connectivity index (χ2n) is 6.35. The number of aromatic nitrogens is 2. The Morgan fingerprint density at radius 1 is 1.19 bits per heavy atom. The Morgan fingerprint density at radius 2 is 2.04 bits per heavy atom. The van der Waals surface area contributed by atoms with Crippen LogP contribution >= 0.6 is 11.6 Å². The molecule has 1 aromatic heterocycles. The van der Waals surface area contributed by atoms with Crippen molar-refractivity contribution in [2.75, 3.05) is 5.73 Å². The maximum absolute atomic E-state index is 5.99. The van der Waals surface area contributed by atoms with Crippen LogP contribution in [0.2, 0.25) is 5.02 Å². The van der Waals surface area contributed by atoms with Gasteiger partial charge >= 0.3 is 6.01 Å². The second kappa shape index (κ2) is 7.35. The molecule has 0 amide bonds. The number of nitrogen functional groups attached to an aromatic ring is 1. The third-order valence-corrected chi connectivity index (χ3v) is 4.63. The summed E-state index contributed by atoms with van der Waals surface area (Å²) in [6, 6.07) is 16.5. The van der Waals surface area contributed by atoms with Crippen LogP contribution in [0.5, 0.6) is 5.75 Å². The average Bonchev–Trinajstić information content (AvgIpc) is 3.31. The van der Waals surface area contributed by atoms with Crippen LogP contribution in [0.4, 0.5) is 6.01 Å². The van der Waals surface area contributed by atoms with Gasteiger partial charge in [0, 0.05) is 17.0 Å². The Kier molecular flexibility index (Phi) is 4.77. The highest BCUT2D eigenvalue weighted by molar-refractivity contribution is 6.30. The van der Waals surface area contributed by atoms with E-state index in [4.69, 9.17) is 26.5 Å². The lowest BCUT2D eigenvalue weighted by Gasteiger charge is -2.08. The van der Waals surface area contributed by atoms with Crippen molar-refractivity contribution < 1.29 is 9.15 Å². The molecule has 0 aliphatic heterocycles. The highest BCUT2D eigenvalue weighted by Crippen LogP contribution is 2.41. The minimum absolute atomic E-state index is 0.0995. The lowest BCUT2D eigenvalue weighted by molar-refractivity contribution is 0.306. The van der Waals surface area contributed by atoms with Gasteiger partial charge in [0.2, 0.25) is 5.89 Å². The van der Waals surface area contributed by atoms with E-state index in [0.717, 1.165) is 22.8 Å². The van der Waals surface area contributed by atoms with Gasteiger partial charge in [-0.25, -0.2) is 0 Å². The molecule has 134 valence electrons. The predicted molar refractivity (Wildman–Crippen MR) is 98.9 cm³/mol. The first-order valence-corrected chi connectivity index (χ1v) is 8.83. The Bertz CT molecular complexity index is 881. The molecule has 1 aliphatic rings. The van der Waals surface area contributed by atoms with E-state index in [0.29, 0.717) is 31.0 Å². The average molecular weight is 371 g/mol. The van der Waals surface area contributed by atoms with Crippen LogP contribution in [-0.2, 0) is 13.2 Å². The number of rotatable bonds is 7. The van der Waals surface area contributed by atoms with Gasteiger partial charge in [-0.1, -0.05) is 41.0 Å². The molecule has 6 nitrogen and oxygen atoms in total. The van der Waals surface area contributed by atoms with Crippen molar-refractivity contribution in [2.45, 2.75) is 31.5 Å². The molecule has 4 rings (SSSR count). The summed E-state index contributed by atoms with van der Waals surface area (Å²) in [7, 11) is 0.